The lowest BCUT2D eigenvalue weighted by atomic mass is 9.86. The summed E-state index contributed by atoms with van der Waals surface area (Å²) in [4.78, 5) is 4.91. The molecule has 2 aliphatic rings. The summed E-state index contributed by atoms with van der Waals surface area (Å²) in [6.45, 7) is 6.59. The van der Waals surface area contributed by atoms with Gasteiger partial charge in [-0.05, 0) is 51.1 Å². The molecule has 1 saturated heterocycles. The molecule has 1 atom stereocenters. The fourth-order valence-corrected chi connectivity index (χ4v) is 3.30. The lowest BCUT2D eigenvalue weighted by Crippen LogP contribution is -2.56. The summed E-state index contributed by atoms with van der Waals surface area (Å²) in [6, 6.07) is 6.78. The molecular weight excluding hydrogens is 236 g/mol. The topological polar surface area (TPSA) is 15.7 Å². The minimum Gasteiger partial charge on any atom is -0.493 e. The van der Waals surface area contributed by atoms with Gasteiger partial charge in [-0.1, -0.05) is 12.1 Å². The molecule has 1 fully saturated rings. The molecular formula is C16H24N2O. The number of nitrogens with zero attached hydrogens (tertiary/aromatic N) is 2. The van der Waals surface area contributed by atoms with Crippen molar-refractivity contribution in [1.29, 1.82) is 0 Å². The first-order valence-corrected chi connectivity index (χ1v) is 7.25. The van der Waals surface area contributed by atoms with Gasteiger partial charge in [0.25, 0.3) is 0 Å². The van der Waals surface area contributed by atoms with Crippen LogP contribution in [0.4, 0.5) is 0 Å². The van der Waals surface area contributed by atoms with Crippen molar-refractivity contribution in [2.24, 2.45) is 0 Å². The highest BCUT2D eigenvalue weighted by atomic mass is 16.5. The Morgan fingerprint density at radius 1 is 1.21 bits per heavy atom. The normalized spacial score (nSPS) is 28.8. The highest BCUT2D eigenvalue weighted by Crippen LogP contribution is 2.34. The molecule has 0 aliphatic carbocycles. The van der Waals surface area contributed by atoms with E-state index in [1.165, 1.54) is 11.1 Å². The van der Waals surface area contributed by atoms with Crippen LogP contribution in [0.5, 0.6) is 5.75 Å². The van der Waals surface area contributed by atoms with E-state index in [0.717, 1.165) is 44.8 Å². The van der Waals surface area contributed by atoms with Gasteiger partial charge in [-0.25, -0.2) is 0 Å². The van der Waals surface area contributed by atoms with Gasteiger partial charge in [-0.3, -0.25) is 4.90 Å². The monoisotopic (exact) mass is 260 g/mol. The van der Waals surface area contributed by atoms with Crippen LogP contribution in [0, 0.1) is 0 Å². The van der Waals surface area contributed by atoms with E-state index in [4.69, 9.17) is 4.74 Å². The molecule has 1 aromatic carbocycles. The zero-order valence-corrected chi connectivity index (χ0v) is 12.3. The number of aryl methyl sites for hydroxylation is 1. The number of piperazine rings is 1. The third-order valence-electron chi connectivity index (χ3n) is 4.77. The number of hydrogen-bond acceptors (Lipinski definition) is 3. The van der Waals surface area contributed by atoms with Gasteiger partial charge < -0.3 is 9.64 Å². The Labute approximate surface area is 116 Å². The van der Waals surface area contributed by atoms with E-state index >= 15 is 0 Å². The maximum Gasteiger partial charge on any atom is 0.122 e. The first kappa shape index (κ1) is 12.9. The minimum absolute atomic E-state index is 0.111. The van der Waals surface area contributed by atoms with Gasteiger partial charge >= 0.3 is 0 Å². The average Bonchev–Trinajstić information content (AvgIpc) is 2.43. The molecule has 104 valence electrons. The van der Waals surface area contributed by atoms with Crippen molar-refractivity contribution in [3.8, 4) is 5.75 Å². The predicted molar refractivity (Wildman–Crippen MR) is 77.7 cm³/mol. The summed E-state index contributed by atoms with van der Waals surface area (Å²) in [5.41, 5.74) is 2.91. The molecule has 3 heteroatoms. The summed E-state index contributed by atoms with van der Waals surface area (Å²) in [6.07, 6.45) is 2.29. The molecule has 2 aliphatic heterocycles. The Kier molecular flexibility index (Phi) is 3.27. The lowest BCUT2D eigenvalue weighted by Gasteiger charge is -2.47. The molecule has 0 amide bonds. The smallest absolute Gasteiger partial charge is 0.122 e. The maximum absolute atomic E-state index is 5.72. The zero-order valence-electron chi connectivity index (χ0n) is 12.3. The summed E-state index contributed by atoms with van der Waals surface area (Å²) in [5.74, 6) is 1.09. The molecule has 0 saturated carbocycles. The van der Waals surface area contributed by atoms with Crippen LogP contribution in [0.2, 0.25) is 0 Å². The fourth-order valence-electron chi connectivity index (χ4n) is 3.30. The van der Waals surface area contributed by atoms with E-state index in [2.05, 4.69) is 49.0 Å². The van der Waals surface area contributed by atoms with Crippen LogP contribution >= 0.6 is 0 Å². The van der Waals surface area contributed by atoms with Crippen molar-refractivity contribution in [2.45, 2.75) is 25.3 Å². The van der Waals surface area contributed by atoms with Crippen molar-refractivity contribution in [2.75, 3.05) is 40.3 Å². The Hall–Kier alpha value is -1.06. The minimum atomic E-state index is 0.111. The van der Waals surface area contributed by atoms with Crippen LogP contribution in [-0.4, -0.2) is 50.1 Å². The molecule has 0 radical (unpaired) electrons. The van der Waals surface area contributed by atoms with Crippen molar-refractivity contribution in [1.82, 2.24) is 9.80 Å². The van der Waals surface area contributed by atoms with Crippen LogP contribution in [0.25, 0.3) is 0 Å². The van der Waals surface area contributed by atoms with Crippen molar-refractivity contribution >= 4 is 0 Å². The second-order valence-corrected chi connectivity index (χ2v) is 6.21. The average molecular weight is 260 g/mol. The highest BCUT2D eigenvalue weighted by Gasteiger charge is 2.36. The summed E-state index contributed by atoms with van der Waals surface area (Å²) >= 11 is 0. The van der Waals surface area contributed by atoms with Gasteiger partial charge in [-0.15, -0.1) is 0 Å². The predicted octanol–water partition coefficient (Wildman–Crippen LogP) is 2.10. The van der Waals surface area contributed by atoms with E-state index < -0.39 is 0 Å². The van der Waals surface area contributed by atoms with Crippen molar-refractivity contribution in [3.05, 3.63) is 29.3 Å². The SMILES string of the molecule is CN1CCN(C)C(C)(c2ccc3c(c2)CCCO3)C1. The van der Waals surface area contributed by atoms with Crippen LogP contribution in [0.3, 0.4) is 0 Å². The number of likely N-dealkylation sites (N-methyl/N-ethyl adjacent to an activating group) is 2. The standard InChI is InChI=1S/C16H24N2O/c1-16(12-17(2)8-9-18(16)3)14-6-7-15-13(11-14)5-4-10-19-15/h6-7,11H,4-5,8-10,12H2,1-3H3. The molecule has 1 aromatic rings. The van der Waals surface area contributed by atoms with E-state index in [0.29, 0.717) is 0 Å². The van der Waals surface area contributed by atoms with Gasteiger partial charge in [-0.2, -0.15) is 0 Å². The molecule has 19 heavy (non-hydrogen) atoms. The van der Waals surface area contributed by atoms with E-state index in [1.54, 1.807) is 0 Å². The first-order chi connectivity index (χ1) is 9.09. The highest BCUT2D eigenvalue weighted by molar-refractivity contribution is 5.41. The Morgan fingerprint density at radius 3 is 2.89 bits per heavy atom. The quantitative estimate of drug-likeness (QED) is 0.769. The number of hydrogen-bond donors (Lipinski definition) is 0. The molecule has 3 nitrogen and oxygen atoms in total. The summed E-state index contributed by atoms with van der Waals surface area (Å²) < 4.78 is 5.72. The van der Waals surface area contributed by atoms with E-state index in [9.17, 15) is 0 Å². The molecule has 2 heterocycles. The number of ether oxygens (including phenoxy) is 1. The van der Waals surface area contributed by atoms with Gasteiger partial charge in [0.1, 0.15) is 5.75 Å². The van der Waals surface area contributed by atoms with Gasteiger partial charge in [0.2, 0.25) is 0 Å². The van der Waals surface area contributed by atoms with Crippen LogP contribution in [-0.2, 0) is 12.0 Å². The van der Waals surface area contributed by atoms with Crippen LogP contribution in [0.15, 0.2) is 18.2 Å². The third-order valence-corrected chi connectivity index (χ3v) is 4.77. The van der Waals surface area contributed by atoms with Gasteiger partial charge in [0.05, 0.1) is 12.1 Å². The summed E-state index contributed by atoms with van der Waals surface area (Å²) in [5, 5.41) is 0. The number of benzene rings is 1. The Balaban J connectivity index is 1.96. The Morgan fingerprint density at radius 2 is 2.05 bits per heavy atom. The molecule has 1 unspecified atom stereocenters. The molecule has 0 aromatic heterocycles. The second-order valence-electron chi connectivity index (χ2n) is 6.21. The molecule has 0 spiro atoms. The van der Waals surface area contributed by atoms with Gasteiger partial charge in [0, 0.05) is 19.6 Å². The number of rotatable bonds is 1. The zero-order chi connectivity index (χ0) is 13.5. The van der Waals surface area contributed by atoms with Crippen molar-refractivity contribution in [3.63, 3.8) is 0 Å². The second kappa shape index (κ2) is 4.80. The van der Waals surface area contributed by atoms with E-state index in [-0.39, 0.29) is 5.54 Å². The largest absolute Gasteiger partial charge is 0.493 e. The Bertz CT molecular complexity index is 474. The first-order valence-electron chi connectivity index (χ1n) is 7.25. The summed E-state index contributed by atoms with van der Waals surface area (Å²) in [7, 11) is 4.45. The maximum atomic E-state index is 5.72. The van der Waals surface area contributed by atoms with Crippen molar-refractivity contribution < 1.29 is 4.74 Å². The van der Waals surface area contributed by atoms with Crippen LogP contribution in [0.1, 0.15) is 24.5 Å². The lowest BCUT2D eigenvalue weighted by molar-refractivity contribution is 0.0378. The van der Waals surface area contributed by atoms with Crippen LogP contribution < -0.4 is 4.74 Å². The number of fused-ring (bicyclic) bond motifs is 1. The van der Waals surface area contributed by atoms with E-state index in [1.807, 2.05) is 0 Å². The molecule has 3 rings (SSSR count). The fraction of sp³-hybridized carbons (Fsp3) is 0.625. The van der Waals surface area contributed by atoms with Gasteiger partial charge in [0.15, 0.2) is 0 Å². The molecule has 0 bridgehead atoms. The third kappa shape index (κ3) is 2.26. The molecule has 0 N–H and O–H groups in total.